The number of hydroxylamine groups is 3. The third-order valence-corrected chi connectivity index (χ3v) is 7.86. The molecule has 2 saturated carbocycles. The summed E-state index contributed by atoms with van der Waals surface area (Å²) in [5, 5.41) is 21.9. The lowest BCUT2D eigenvalue weighted by Gasteiger charge is -2.58. The molecule has 1 saturated heterocycles. The highest BCUT2D eigenvalue weighted by Gasteiger charge is 2.68. The summed E-state index contributed by atoms with van der Waals surface area (Å²) >= 11 is 0. The van der Waals surface area contributed by atoms with Gasteiger partial charge >= 0.3 is 0 Å². The molecule has 1 aromatic rings. The minimum absolute atomic E-state index is 0.0542. The molecule has 2 unspecified atom stereocenters. The SMILES string of the molecule is Oc1ccc2c3c1O[C@H]1CCCC4[C@@H](C2)[N+](O)(CC2CC2)CC[C@@]341. The fraction of sp³-hybridized carbons (Fsp3) is 0.700. The maximum Gasteiger partial charge on any atom is 0.165 e. The summed E-state index contributed by atoms with van der Waals surface area (Å²) in [6, 6.07) is 4.20. The highest BCUT2D eigenvalue weighted by atomic mass is 16.5. The number of aromatic hydroxyl groups is 1. The largest absolute Gasteiger partial charge is 0.504 e. The molecule has 3 aliphatic carbocycles. The van der Waals surface area contributed by atoms with Crippen molar-refractivity contribution in [2.24, 2.45) is 11.8 Å². The summed E-state index contributed by atoms with van der Waals surface area (Å²) < 4.78 is 6.62. The highest BCUT2D eigenvalue weighted by Crippen LogP contribution is 2.64. The van der Waals surface area contributed by atoms with Crippen molar-refractivity contribution in [1.82, 2.24) is 0 Å². The van der Waals surface area contributed by atoms with E-state index < -0.39 is 0 Å². The Labute approximate surface area is 142 Å². The van der Waals surface area contributed by atoms with Crippen LogP contribution >= 0.6 is 0 Å². The van der Waals surface area contributed by atoms with Gasteiger partial charge in [0.05, 0.1) is 5.41 Å². The predicted octanol–water partition coefficient (Wildman–Crippen LogP) is 3.14. The Kier molecular flexibility index (Phi) is 2.49. The quantitative estimate of drug-likeness (QED) is 0.820. The van der Waals surface area contributed by atoms with Crippen LogP contribution in [0.2, 0.25) is 0 Å². The number of likely N-dealkylation sites (tertiary alicyclic amines) is 1. The fourth-order valence-corrected chi connectivity index (χ4v) is 6.74. The van der Waals surface area contributed by atoms with Gasteiger partial charge in [-0.2, -0.15) is 4.65 Å². The van der Waals surface area contributed by atoms with E-state index in [0.29, 0.717) is 22.4 Å². The smallest absolute Gasteiger partial charge is 0.165 e. The summed E-state index contributed by atoms with van der Waals surface area (Å²) in [4.78, 5) is 0. The first kappa shape index (κ1) is 14.0. The molecule has 2 N–H and O–H groups in total. The van der Waals surface area contributed by atoms with Gasteiger partial charge in [-0.3, -0.25) is 0 Å². The summed E-state index contributed by atoms with van der Waals surface area (Å²) in [5.41, 5.74) is 2.69. The van der Waals surface area contributed by atoms with Gasteiger partial charge in [0.15, 0.2) is 11.5 Å². The molecule has 3 fully saturated rings. The van der Waals surface area contributed by atoms with Crippen molar-refractivity contribution < 1.29 is 19.7 Å². The van der Waals surface area contributed by atoms with E-state index >= 15 is 0 Å². The van der Waals surface area contributed by atoms with Gasteiger partial charge < -0.3 is 9.84 Å². The average Bonchev–Trinajstić information content (AvgIpc) is 3.30. The molecule has 5 atom stereocenters. The van der Waals surface area contributed by atoms with Crippen LogP contribution in [0.4, 0.5) is 0 Å². The molecular formula is C20H26NO3+. The van der Waals surface area contributed by atoms with Crippen LogP contribution in [0.3, 0.4) is 0 Å². The van der Waals surface area contributed by atoms with Crippen LogP contribution in [0, 0.1) is 11.8 Å². The average molecular weight is 328 g/mol. The van der Waals surface area contributed by atoms with Crippen LogP contribution in [-0.4, -0.2) is 40.2 Å². The molecule has 128 valence electrons. The molecule has 2 bridgehead atoms. The molecule has 4 heteroatoms. The van der Waals surface area contributed by atoms with Gasteiger partial charge in [0.2, 0.25) is 0 Å². The number of hydrogen-bond donors (Lipinski definition) is 2. The van der Waals surface area contributed by atoms with Crippen LogP contribution in [0.1, 0.15) is 49.7 Å². The summed E-state index contributed by atoms with van der Waals surface area (Å²) in [6.45, 7) is 1.80. The van der Waals surface area contributed by atoms with Crippen molar-refractivity contribution in [3.05, 3.63) is 23.3 Å². The van der Waals surface area contributed by atoms with Gasteiger partial charge in [-0.25, -0.2) is 5.21 Å². The van der Waals surface area contributed by atoms with Crippen molar-refractivity contribution in [3.63, 3.8) is 0 Å². The van der Waals surface area contributed by atoms with Crippen molar-refractivity contribution in [1.29, 1.82) is 0 Å². The Morgan fingerprint density at radius 2 is 2.08 bits per heavy atom. The van der Waals surface area contributed by atoms with Crippen molar-refractivity contribution in [2.75, 3.05) is 13.1 Å². The van der Waals surface area contributed by atoms with Crippen LogP contribution in [0.15, 0.2) is 12.1 Å². The number of nitrogens with zero attached hydrogens (tertiary/aromatic N) is 1. The molecule has 0 aromatic heterocycles. The minimum atomic E-state index is 0.0542. The number of ether oxygens (including phenoxy) is 1. The standard InChI is InChI=1S/C20H25NO3/c22-16-7-6-13-10-15-14-2-1-3-17-20(14,18(13)19(16)24-17)8-9-21(15,23)11-12-4-5-12/h6-7,12,14-15,17,23H,1-5,8-11H2/p+1/t14?,15-,17+,20-,21?/m1/s1. The first-order valence-electron chi connectivity index (χ1n) is 9.73. The third-order valence-electron chi connectivity index (χ3n) is 7.86. The molecule has 0 radical (unpaired) electrons. The lowest BCUT2D eigenvalue weighted by Crippen LogP contribution is -2.71. The van der Waals surface area contributed by atoms with E-state index in [-0.39, 0.29) is 11.5 Å². The Hall–Kier alpha value is -1.26. The predicted molar refractivity (Wildman–Crippen MR) is 88.2 cm³/mol. The Morgan fingerprint density at radius 1 is 1.21 bits per heavy atom. The maximum absolute atomic E-state index is 11.6. The van der Waals surface area contributed by atoms with Gasteiger partial charge in [0.25, 0.3) is 0 Å². The molecule has 24 heavy (non-hydrogen) atoms. The molecule has 2 aliphatic heterocycles. The molecule has 1 aromatic carbocycles. The lowest BCUT2D eigenvalue weighted by atomic mass is 9.51. The van der Waals surface area contributed by atoms with Crippen LogP contribution in [0.25, 0.3) is 0 Å². The zero-order chi connectivity index (χ0) is 16.1. The summed E-state index contributed by atoms with van der Waals surface area (Å²) in [6.07, 6.45) is 8.21. The number of piperidine rings is 1. The minimum Gasteiger partial charge on any atom is -0.504 e. The van der Waals surface area contributed by atoms with Crippen molar-refractivity contribution in [3.8, 4) is 11.5 Å². The zero-order valence-corrected chi connectivity index (χ0v) is 14.1. The van der Waals surface area contributed by atoms with Crippen molar-refractivity contribution in [2.45, 2.75) is 62.5 Å². The molecular weight excluding hydrogens is 302 g/mol. The molecule has 1 spiro atoms. The molecule has 0 amide bonds. The first-order valence-corrected chi connectivity index (χ1v) is 9.73. The van der Waals surface area contributed by atoms with Gasteiger partial charge in [0, 0.05) is 30.2 Å². The number of hydrogen-bond acceptors (Lipinski definition) is 3. The van der Waals surface area contributed by atoms with Gasteiger partial charge in [-0.15, -0.1) is 0 Å². The van der Waals surface area contributed by atoms with E-state index in [9.17, 15) is 10.3 Å². The Balaban J connectivity index is 1.54. The summed E-state index contributed by atoms with van der Waals surface area (Å²) in [5.74, 6) is 2.32. The van der Waals surface area contributed by atoms with E-state index in [0.717, 1.165) is 44.0 Å². The Morgan fingerprint density at radius 3 is 2.92 bits per heavy atom. The van der Waals surface area contributed by atoms with Gasteiger partial charge in [0.1, 0.15) is 25.2 Å². The maximum atomic E-state index is 11.6. The van der Waals surface area contributed by atoms with Crippen LogP contribution in [0.5, 0.6) is 11.5 Å². The van der Waals surface area contributed by atoms with E-state index in [1.54, 1.807) is 6.07 Å². The second-order valence-electron chi connectivity index (χ2n) is 8.99. The number of phenols is 1. The second-order valence-corrected chi connectivity index (χ2v) is 8.99. The van der Waals surface area contributed by atoms with E-state index in [1.165, 1.54) is 36.8 Å². The number of benzene rings is 1. The monoisotopic (exact) mass is 328 g/mol. The van der Waals surface area contributed by atoms with Gasteiger partial charge in [-0.05, 0) is 43.7 Å². The highest BCUT2D eigenvalue weighted by molar-refractivity contribution is 5.60. The van der Waals surface area contributed by atoms with E-state index in [4.69, 9.17) is 4.74 Å². The van der Waals surface area contributed by atoms with E-state index in [1.807, 2.05) is 0 Å². The summed E-state index contributed by atoms with van der Waals surface area (Å²) in [7, 11) is 0. The number of rotatable bonds is 2. The first-order chi connectivity index (χ1) is 11.6. The van der Waals surface area contributed by atoms with Crippen LogP contribution in [-0.2, 0) is 11.8 Å². The van der Waals surface area contributed by atoms with E-state index in [2.05, 4.69) is 6.07 Å². The van der Waals surface area contributed by atoms with Gasteiger partial charge in [-0.1, -0.05) is 6.07 Å². The van der Waals surface area contributed by atoms with Crippen LogP contribution < -0.4 is 4.74 Å². The second kappa shape index (κ2) is 4.28. The molecule has 5 aliphatic rings. The molecule has 6 rings (SSSR count). The topological polar surface area (TPSA) is 49.7 Å². The molecule has 2 heterocycles. The molecule has 4 nitrogen and oxygen atoms in total. The lowest BCUT2D eigenvalue weighted by molar-refractivity contribution is -1.13. The Bertz CT molecular complexity index is 730. The normalized spacial score (nSPS) is 44.8. The van der Waals surface area contributed by atoms with Crippen molar-refractivity contribution >= 4 is 0 Å². The third kappa shape index (κ3) is 1.53. The number of quaternary nitrogens is 1. The number of phenolic OH excluding ortho intramolecular Hbond substituents is 1. The fourth-order valence-electron chi connectivity index (χ4n) is 6.74. The zero-order valence-electron chi connectivity index (χ0n) is 14.1.